The fourth-order valence-corrected chi connectivity index (χ4v) is 4.27. The van der Waals surface area contributed by atoms with Gasteiger partial charge in [-0.25, -0.2) is 9.36 Å². The molecule has 3 aromatic rings. The molecule has 0 bridgehead atoms. The van der Waals surface area contributed by atoms with Crippen molar-refractivity contribution in [2.45, 2.75) is 27.7 Å². The molecule has 0 radical (unpaired) electrons. The van der Waals surface area contributed by atoms with Gasteiger partial charge in [0.2, 0.25) is 5.88 Å². The molecule has 150 valence electrons. The van der Waals surface area contributed by atoms with Gasteiger partial charge in [0.05, 0.1) is 11.4 Å². The Hall–Kier alpha value is -2.45. The summed E-state index contributed by atoms with van der Waals surface area (Å²) in [5.74, 6) is -0.459. The van der Waals surface area contributed by atoms with E-state index in [0.717, 1.165) is 35.8 Å². The van der Waals surface area contributed by atoms with Crippen molar-refractivity contribution < 1.29 is 5.11 Å². The molecule has 8 heteroatoms. The number of aryl methyl sites for hydroxylation is 4. The average molecular weight is 521 g/mol. The van der Waals surface area contributed by atoms with Crippen molar-refractivity contribution in [2.75, 3.05) is 0 Å². The molecule has 0 aliphatic heterocycles. The van der Waals surface area contributed by atoms with Gasteiger partial charge in [0.25, 0.3) is 5.56 Å². The summed E-state index contributed by atoms with van der Waals surface area (Å²) in [5.41, 5.74) is 3.14. The van der Waals surface area contributed by atoms with Gasteiger partial charge in [0.1, 0.15) is 5.56 Å². The van der Waals surface area contributed by atoms with Crippen LogP contribution in [0.5, 0.6) is 5.88 Å². The van der Waals surface area contributed by atoms with Gasteiger partial charge >= 0.3 is 5.69 Å². The Kier molecular flexibility index (Phi) is 5.95. The van der Waals surface area contributed by atoms with Gasteiger partial charge in [0, 0.05) is 15.2 Å². The zero-order valence-electron chi connectivity index (χ0n) is 16.3. The van der Waals surface area contributed by atoms with Gasteiger partial charge in [-0.05, 0) is 74.2 Å². The van der Waals surface area contributed by atoms with Gasteiger partial charge in [-0.1, -0.05) is 31.9 Å². The van der Waals surface area contributed by atoms with Crippen molar-refractivity contribution >= 4 is 43.8 Å². The fraction of sp³-hybridized carbons (Fsp3) is 0.190. The van der Waals surface area contributed by atoms with Crippen LogP contribution in [0.25, 0.3) is 5.69 Å². The fourth-order valence-electron chi connectivity index (χ4n) is 3.12. The number of halogens is 2. The second kappa shape index (κ2) is 8.12. The number of benzene rings is 2. The minimum atomic E-state index is -0.717. The van der Waals surface area contributed by atoms with Gasteiger partial charge in [-0.15, -0.1) is 0 Å². The molecule has 2 aromatic carbocycles. The Morgan fingerprint density at radius 3 is 2.21 bits per heavy atom. The first kappa shape index (κ1) is 21.3. The van der Waals surface area contributed by atoms with E-state index in [1.807, 2.05) is 45.9 Å². The summed E-state index contributed by atoms with van der Waals surface area (Å²) in [4.78, 5) is 31.5. The molecule has 0 saturated carbocycles. The van der Waals surface area contributed by atoms with Crippen LogP contribution in [0.1, 0.15) is 27.8 Å². The first-order chi connectivity index (χ1) is 13.6. The zero-order chi connectivity index (χ0) is 21.5. The second-order valence-corrected chi connectivity index (χ2v) is 8.64. The van der Waals surface area contributed by atoms with Gasteiger partial charge < -0.3 is 5.11 Å². The average Bonchev–Trinajstić information content (AvgIpc) is 2.60. The largest absolute Gasteiger partial charge is 0.493 e. The predicted octanol–water partition coefficient (Wildman–Crippen LogP) is 4.74. The molecule has 3 rings (SSSR count). The van der Waals surface area contributed by atoms with E-state index in [1.54, 1.807) is 6.07 Å². The highest BCUT2D eigenvalue weighted by Gasteiger charge is 2.17. The lowest BCUT2D eigenvalue weighted by molar-refractivity contribution is 0.430. The normalized spacial score (nSPS) is 11.4. The van der Waals surface area contributed by atoms with Crippen LogP contribution in [0.2, 0.25) is 0 Å². The molecular weight excluding hydrogens is 502 g/mol. The van der Waals surface area contributed by atoms with E-state index in [-0.39, 0.29) is 5.56 Å². The third-order valence-electron chi connectivity index (χ3n) is 4.62. The number of nitrogens with one attached hydrogen (secondary N) is 1. The quantitative estimate of drug-likeness (QED) is 0.489. The maximum atomic E-state index is 12.5. The third-order valence-corrected chi connectivity index (χ3v) is 5.93. The lowest BCUT2D eigenvalue weighted by Gasteiger charge is -2.14. The first-order valence-electron chi connectivity index (χ1n) is 8.76. The topological polar surface area (TPSA) is 87.4 Å². The Morgan fingerprint density at radius 2 is 1.59 bits per heavy atom. The number of hydrogen-bond donors (Lipinski definition) is 2. The molecule has 29 heavy (non-hydrogen) atoms. The highest BCUT2D eigenvalue weighted by atomic mass is 79.9. The molecule has 6 nitrogen and oxygen atoms in total. The standard InChI is InChI=1S/C21H19Br2N3O3/c1-10-8-17(11(2)7-16(10)23)26-20(28)15(19(27)25-21(26)29)9-24-18-12(3)5-14(22)6-13(18)4/h5-9,28H,1-4H3,(H,25,27,29). The van der Waals surface area contributed by atoms with Crippen molar-refractivity contribution in [1.82, 2.24) is 9.55 Å². The lowest BCUT2D eigenvalue weighted by atomic mass is 10.1. The molecule has 0 aliphatic rings. The van der Waals surface area contributed by atoms with Crippen LogP contribution < -0.4 is 11.2 Å². The molecule has 1 aromatic heterocycles. The molecule has 0 saturated heterocycles. The van der Waals surface area contributed by atoms with Crippen LogP contribution in [0.15, 0.2) is 47.8 Å². The summed E-state index contributed by atoms with van der Waals surface area (Å²) < 4.78 is 2.90. The molecule has 0 unspecified atom stereocenters. The number of aromatic hydroxyl groups is 1. The van der Waals surface area contributed by atoms with Crippen molar-refractivity contribution in [2.24, 2.45) is 4.99 Å². The Bertz CT molecular complexity index is 1250. The Balaban J connectivity index is 2.21. The van der Waals surface area contributed by atoms with Crippen LogP contribution in [0, 0.1) is 27.7 Å². The molecule has 0 spiro atoms. The highest BCUT2D eigenvalue weighted by molar-refractivity contribution is 9.10. The van der Waals surface area contributed by atoms with Crippen molar-refractivity contribution in [3.63, 3.8) is 0 Å². The first-order valence-corrected chi connectivity index (χ1v) is 10.3. The number of aromatic nitrogens is 2. The van der Waals surface area contributed by atoms with Crippen LogP contribution in [0.4, 0.5) is 5.69 Å². The predicted molar refractivity (Wildman–Crippen MR) is 122 cm³/mol. The minimum absolute atomic E-state index is 0.0914. The maximum Gasteiger partial charge on any atom is 0.335 e. The third kappa shape index (κ3) is 4.13. The number of H-pyrrole nitrogens is 1. The smallest absolute Gasteiger partial charge is 0.335 e. The van der Waals surface area contributed by atoms with E-state index in [9.17, 15) is 14.7 Å². The van der Waals surface area contributed by atoms with Gasteiger partial charge in [0.15, 0.2) is 0 Å². The van der Waals surface area contributed by atoms with Gasteiger partial charge in [-0.2, -0.15) is 0 Å². The van der Waals surface area contributed by atoms with E-state index in [1.165, 1.54) is 6.21 Å². The lowest BCUT2D eigenvalue weighted by Crippen LogP contribution is -2.31. The molecule has 0 fully saturated rings. The number of aromatic amines is 1. The Labute approximate surface area is 184 Å². The van der Waals surface area contributed by atoms with Crippen LogP contribution in [-0.2, 0) is 0 Å². The van der Waals surface area contributed by atoms with Crippen LogP contribution in [0.3, 0.4) is 0 Å². The summed E-state index contributed by atoms with van der Waals surface area (Å²) in [6.07, 6.45) is 1.29. The number of rotatable bonds is 3. The Morgan fingerprint density at radius 1 is 0.966 bits per heavy atom. The highest BCUT2D eigenvalue weighted by Crippen LogP contribution is 2.28. The van der Waals surface area contributed by atoms with Crippen molar-refractivity contribution in [1.29, 1.82) is 0 Å². The molecule has 0 aliphatic carbocycles. The van der Waals surface area contributed by atoms with E-state index in [4.69, 9.17) is 0 Å². The van der Waals surface area contributed by atoms with E-state index in [0.29, 0.717) is 11.4 Å². The van der Waals surface area contributed by atoms with Gasteiger partial charge in [-0.3, -0.25) is 14.8 Å². The van der Waals surface area contributed by atoms with Crippen molar-refractivity contribution in [3.05, 3.63) is 81.9 Å². The summed E-state index contributed by atoms with van der Waals surface area (Å²) in [5, 5.41) is 10.8. The summed E-state index contributed by atoms with van der Waals surface area (Å²) in [6, 6.07) is 7.45. The molecule has 2 N–H and O–H groups in total. The SMILES string of the molecule is Cc1cc(-n2c(O)c(C=Nc3c(C)cc(Br)cc3C)c(=O)[nH]c2=O)c(C)cc1Br. The number of nitrogens with zero attached hydrogens (tertiary/aromatic N) is 2. The monoisotopic (exact) mass is 519 g/mol. The molecule has 1 heterocycles. The maximum absolute atomic E-state index is 12.5. The van der Waals surface area contributed by atoms with E-state index >= 15 is 0 Å². The summed E-state index contributed by atoms with van der Waals surface area (Å²) >= 11 is 6.89. The van der Waals surface area contributed by atoms with Crippen LogP contribution >= 0.6 is 31.9 Å². The zero-order valence-corrected chi connectivity index (χ0v) is 19.5. The minimum Gasteiger partial charge on any atom is -0.493 e. The molecule has 0 amide bonds. The van der Waals surface area contributed by atoms with Crippen LogP contribution in [-0.4, -0.2) is 20.9 Å². The van der Waals surface area contributed by atoms with E-state index in [2.05, 4.69) is 41.8 Å². The van der Waals surface area contributed by atoms with Crippen molar-refractivity contribution in [3.8, 4) is 11.6 Å². The summed E-state index contributed by atoms with van der Waals surface area (Å²) in [6.45, 7) is 7.51. The number of aliphatic imine (C=N–C) groups is 1. The summed E-state index contributed by atoms with van der Waals surface area (Å²) in [7, 11) is 0. The van der Waals surface area contributed by atoms with E-state index < -0.39 is 17.1 Å². The second-order valence-electron chi connectivity index (χ2n) is 6.87. The molecular formula is C21H19Br2N3O3. The molecule has 0 atom stereocenters. The number of hydrogen-bond acceptors (Lipinski definition) is 4.